The zero-order chi connectivity index (χ0) is 20.8. The molecule has 0 atom stereocenters. The highest BCUT2D eigenvalue weighted by atomic mass is 16.1. The van der Waals surface area contributed by atoms with Gasteiger partial charge in [0, 0.05) is 13.0 Å². The minimum Gasteiger partial charge on any atom is -0.317 e. The van der Waals surface area contributed by atoms with Gasteiger partial charge in [-0.3, -0.25) is 14.2 Å². The van der Waals surface area contributed by atoms with Gasteiger partial charge >= 0.3 is 0 Å². The van der Waals surface area contributed by atoms with Gasteiger partial charge < -0.3 is 4.57 Å². The minimum absolute atomic E-state index is 0.160. The fourth-order valence-corrected chi connectivity index (χ4v) is 4.41. The highest BCUT2D eigenvalue weighted by Gasteiger charge is 2.19. The molecular formula is C25H21N5O. The van der Waals surface area contributed by atoms with Crippen LogP contribution >= 0.6 is 0 Å². The second kappa shape index (κ2) is 7.09. The number of rotatable bonds is 4. The van der Waals surface area contributed by atoms with Gasteiger partial charge in [-0.2, -0.15) is 0 Å². The van der Waals surface area contributed by atoms with Crippen LogP contribution in [0.4, 0.5) is 0 Å². The predicted molar refractivity (Wildman–Crippen MR) is 121 cm³/mol. The van der Waals surface area contributed by atoms with E-state index in [-0.39, 0.29) is 5.56 Å². The molecule has 1 N–H and O–H groups in total. The van der Waals surface area contributed by atoms with E-state index in [1.54, 1.807) is 0 Å². The summed E-state index contributed by atoms with van der Waals surface area (Å²) in [7, 11) is 0. The summed E-state index contributed by atoms with van der Waals surface area (Å²) in [5, 5.41) is 1.93. The van der Waals surface area contributed by atoms with Crippen LogP contribution in [-0.4, -0.2) is 23.9 Å². The van der Waals surface area contributed by atoms with Crippen molar-refractivity contribution < 1.29 is 0 Å². The average Bonchev–Trinajstić information content (AvgIpc) is 3.33. The summed E-state index contributed by atoms with van der Waals surface area (Å²) in [4.78, 5) is 25.8. The Morgan fingerprint density at radius 1 is 0.871 bits per heavy atom. The third-order valence-corrected chi connectivity index (χ3v) is 5.85. The van der Waals surface area contributed by atoms with Crippen molar-refractivity contribution in [3.05, 3.63) is 98.7 Å². The molecule has 3 aromatic heterocycles. The Kier molecular flexibility index (Phi) is 4.09. The Hall–Kier alpha value is -3.93. The van der Waals surface area contributed by atoms with Crippen molar-refractivity contribution in [2.75, 3.05) is 0 Å². The molecule has 0 saturated carbocycles. The molecule has 6 rings (SSSR count). The second-order valence-electron chi connectivity index (χ2n) is 7.92. The lowest BCUT2D eigenvalue weighted by molar-refractivity contribution is 0.759. The Balaban J connectivity index is 1.66. The lowest BCUT2D eigenvalue weighted by Gasteiger charge is -2.09. The molecule has 6 heteroatoms. The second-order valence-corrected chi connectivity index (χ2v) is 7.92. The standard InChI is InChI=1S/C25H21N5O/c31-24-22-23(30-20-14-8-7-13-19(20)26-25(30)28-24)27-21(15-17-9-3-1-4-10-17)29(22)16-18-11-5-2-6-12-18/h1-6,9-14H,7-8,15-16H2,(H,26,28,31). The molecule has 152 valence electrons. The maximum absolute atomic E-state index is 13.2. The molecule has 0 fully saturated rings. The quantitative estimate of drug-likeness (QED) is 0.497. The zero-order valence-electron chi connectivity index (χ0n) is 17.0. The molecule has 1 aliphatic rings. The van der Waals surface area contributed by atoms with Gasteiger partial charge in [0.05, 0.1) is 10.7 Å². The number of hydrogen-bond acceptors (Lipinski definition) is 3. The number of imidazole rings is 2. The van der Waals surface area contributed by atoms with E-state index in [1.807, 2.05) is 40.8 Å². The van der Waals surface area contributed by atoms with Crippen LogP contribution in [0.1, 0.15) is 29.8 Å². The molecule has 0 spiro atoms. The van der Waals surface area contributed by atoms with Crippen molar-refractivity contribution in [2.45, 2.75) is 25.8 Å². The molecule has 3 heterocycles. The fourth-order valence-electron chi connectivity index (χ4n) is 4.41. The van der Waals surface area contributed by atoms with Gasteiger partial charge in [-0.05, 0) is 24.0 Å². The number of nitrogens with one attached hydrogen (secondary N) is 1. The van der Waals surface area contributed by atoms with Crippen molar-refractivity contribution in [1.82, 2.24) is 23.9 Å². The van der Waals surface area contributed by atoms with Crippen LogP contribution in [0.2, 0.25) is 0 Å². The van der Waals surface area contributed by atoms with Gasteiger partial charge in [0.25, 0.3) is 5.56 Å². The maximum atomic E-state index is 13.2. The van der Waals surface area contributed by atoms with E-state index in [1.165, 1.54) is 0 Å². The summed E-state index contributed by atoms with van der Waals surface area (Å²) in [6, 6.07) is 20.4. The molecule has 5 aromatic rings. The maximum Gasteiger partial charge on any atom is 0.278 e. The lowest BCUT2D eigenvalue weighted by atomic mass is 10.1. The molecule has 0 saturated heterocycles. The molecule has 0 aliphatic heterocycles. The summed E-state index contributed by atoms with van der Waals surface area (Å²) >= 11 is 0. The summed E-state index contributed by atoms with van der Waals surface area (Å²) in [6.45, 7) is 0.584. The number of nitrogens with zero attached hydrogens (tertiary/aromatic N) is 4. The monoisotopic (exact) mass is 407 g/mol. The molecule has 0 unspecified atom stereocenters. The van der Waals surface area contributed by atoms with E-state index >= 15 is 0 Å². The van der Waals surface area contributed by atoms with Crippen LogP contribution in [0.25, 0.3) is 29.1 Å². The molecule has 6 nitrogen and oxygen atoms in total. The first-order chi connectivity index (χ1) is 15.3. The van der Waals surface area contributed by atoms with Crippen molar-refractivity contribution in [2.24, 2.45) is 0 Å². The topological polar surface area (TPSA) is 68.0 Å². The van der Waals surface area contributed by atoms with Gasteiger partial charge in [0.15, 0.2) is 11.2 Å². The largest absolute Gasteiger partial charge is 0.317 e. The molecular weight excluding hydrogens is 386 g/mol. The van der Waals surface area contributed by atoms with Gasteiger partial charge in [0.1, 0.15) is 5.82 Å². The number of aromatic nitrogens is 5. The Morgan fingerprint density at radius 2 is 1.58 bits per heavy atom. The van der Waals surface area contributed by atoms with Crippen molar-refractivity contribution in [1.29, 1.82) is 0 Å². The highest BCUT2D eigenvalue weighted by Crippen LogP contribution is 2.18. The van der Waals surface area contributed by atoms with Crippen LogP contribution in [0.3, 0.4) is 0 Å². The Morgan fingerprint density at radius 3 is 2.35 bits per heavy atom. The summed E-state index contributed by atoms with van der Waals surface area (Å²) < 4.78 is 4.05. The van der Waals surface area contributed by atoms with Crippen molar-refractivity contribution in [3.63, 3.8) is 0 Å². The van der Waals surface area contributed by atoms with Crippen LogP contribution in [0.5, 0.6) is 0 Å². The fraction of sp³-hybridized carbons (Fsp3) is 0.160. The average molecular weight is 407 g/mol. The smallest absolute Gasteiger partial charge is 0.278 e. The molecule has 0 bridgehead atoms. The van der Waals surface area contributed by atoms with E-state index < -0.39 is 0 Å². The van der Waals surface area contributed by atoms with E-state index in [2.05, 4.69) is 51.0 Å². The Bertz CT molecular complexity index is 1590. The van der Waals surface area contributed by atoms with E-state index in [0.717, 1.165) is 40.5 Å². The number of aromatic amines is 1. The normalized spacial score (nSPS) is 13.2. The van der Waals surface area contributed by atoms with Gasteiger partial charge in [0.2, 0.25) is 5.78 Å². The van der Waals surface area contributed by atoms with Crippen LogP contribution in [-0.2, 0) is 13.0 Å². The summed E-state index contributed by atoms with van der Waals surface area (Å²) in [6.07, 6.45) is 6.88. The zero-order valence-corrected chi connectivity index (χ0v) is 17.0. The lowest BCUT2D eigenvalue weighted by Crippen LogP contribution is -2.29. The van der Waals surface area contributed by atoms with Crippen molar-refractivity contribution in [3.8, 4) is 0 Å². The Labute approximate surface area is 177 Å². The van der Waals surface area contributed by atoms with Crippen molar-refractivity contribution >= 4 is 29.1 Å². The molecule has 0 radical (unpaired) electrons. The number of hydrogen-bond donors (Lipinski definition) is 1. The number of fused-ring (bicyclic) bond motifs is 5. The number of H-pyrrole nitrogens is 1. The first-order valence-corrected chi connectivity index (χ1v) is 10.6. The third-order valence-electron chi connectivity index (χ3n) is 5.85. The number of benzene rings is 2. The van der Waals surface area contributed by atoms with E-state index in [4.69, 9.17) is 4.98 Å². The third kappa shape index (κ3) is 2.99. The van der Waals surface area contributed by atoms with Crippen LogP contribution in [0.15, 0.2) is 65.5 Å². The van der Waals surface area contributed by atoms with Crippen LogP contribution in [0, 0.1) is 0 Å². The first-order valence-electron chi connectivity index (χ1n) is 10.6. The molecule has 0 amide bonds. The molecule has 2 aromatic carbocycles. The van der Waals surface area contributed by atoms with Gasteiger partial charge in [-0.25, -0.2) is 9.97 Å². The van der Waals surface area contributed by atoms with Crippen LogP contribution < -0.4 is 16.3 Å². The van der Waals surface area contributed by atoms with E-state index in [0.29, 0.717) is 29.9 Å². The van der Waals surface area contributed by atoms with E-state index in [9.17, 15) is 4.79 Å². The summed E-state index contributed by atoms with van der Waals surface area (Å²) in [5.74, 6) is 1.41. The highest BCUT2D eigenvalue weighted by molar-refractivity contribution is 5.74. The minimum atomic E-state index is -0.160. The first kappa shape index (κ1) is 17.9. The van der Waals surface area contributed by atoms with Gasteiger partial charge in [-0.1, -0.05) is 72.8 Å². The molecule has 31 heavy (non-hydrogen) atoms. The SMILES string of the molecule is O=c1[nH]c2nc3c(n2c2nc(Cc4ccccc4)n(Cc4ccccc4)c12)=CCCC=3. The predicted octanol–water partition coefficient (Wildman–Crippen LogP) is 2.37. The summed E-state index contributed by atoms with van der Waals surface area (Å²) in [5.41, 5.74) is 3.38. The molecule has 1 aliphatic carbocycles. The van der Waals surface area contributed by atoms with Gasteiger partial charge in [-0.15, -0.1) is 0 Å².